The van der Waals surface area contributed by atoms with Crippen LogP contribution < -0.4 is 5.32 Å². The molecule has 0 aromatic heterocycles. The number of likely N-dealkylation sites (tertiary alicyclic amines) is 1. The number of nitrogens with zero attached hydrogens (tertiary/aromatic N) is 1. The molecule has 2 rings (SSSR count). The fraction of sp³-hybridized carbons (Fsp3) is 0.647. The molecule has 1 N–H and O–H groups in total. The molecule has 0 saturated carbocycles. The summed E-state index contributed by atoms with van der Waals surface area (Å²) in [5.74, 6) is -0.873. The maximum absolute atomic E-state index is 13.9. The lowest BCUT2D eigenvalue weighted by molar-refractivity contribution is 0.109. The van der Waals surface area contributed by atoms with Crippen LogP contribution in [0.25, 0.3) is 0 Å². The molecular formula is C17H26F2N2. The Morgan fingerprint density at radius 3 is 2.67 bits per heavy atom. The van der Waals surface area contributed by atoms with Gasteiger partial charge in [0.2, 0.25) is 0 Å². The Morgan fingerprint density at radius 2 is 2.00 bits per heavy atom. The summed E-state index contributed by atoms with van der Waals surface area (Å²) < 4.78 is 27.7. The fourth-order valence-corrected chi connectivity index (χ4v) is 3.17. The maximum atomic E-state index is 13.9. The molecule has 0 bridgehead atoms. The van der Waals surface area contributed by atoms with Crippen LogP contribution in [0.1, 0.15) is 45.1 Å². The largest absolute Gasteiger partial charge is 0.313 e. The van der Waals surface area contributed by atoms with Crippen molar-refractivity contribution >= 4 is 0 Å². The molecule has 0 radical (unpaired) electrons. The summed E-state index contributed by atoms with van der Waals surface area (Å²) in [5.41, 5.74) is 0.201. The van der Waals surface area contributed by atoms with E-state index in [1.54, 1.807) is 0 Å². The number of piperidine rings is 1. The van der Waals surface area contributed by atoms with Crippen LogP contribution in [-0.2, 0) is 6.54 Å². The molecule has 1 saturated heterocycles. The van der Waals surface area contributed by atoms with Crippen molar-refractivity contribution in [3.8, 4) is 0 Å². The van der Waals surface area contributed by atoms with Crippen LogP contribution in [0.3, 0.4) is 0 Å². The quantitative estimate of drug-likeness (QED) is 0.861. The van der Waals surface area contributed by atoms with E-state index in [9.17, 15) is 8.78 Å². The first-order valence-electron chi connectivity index (χ1n) is 8.03. The van der Waals surface area contributed by atoms with Gasteiger partial charge in [-0.25, -0.2) is 8.78 Å². The third-order valence-corrected chi connectivity index (χ3v) is 4.38. The summed E-state index contributed by atoms with van der Waals surface area (Å²) in [4.78, 5) is 2.23. The predicted octanol–water partition coefficient (Wildman–Crippen LogP) is 3.71. The summed E-state index contributed by atoms with van der Waals surface area (Å²) in [6.07, 6.45) is 4.49. The minimum atomic E-state index is -0.437. The van der Waals surface area contributed by atoms with Crippen molar-refractivity contribution < 1.29 is 8.78 Å². The molecule has 4 heteroatoms. The second-order valence-corrected chi connectivity index (χ2v) is 5.98. The lowest BCUT2D eigenvalue weighted by Gasteiger charge is -2.39. The van der Waals surface area contributed by atoms with Crippen molar-refractivity contribution in [3.63, 3.8) is 0 Å². The Kier molecular flexibility index (Phi) is 6.12. The van der Waals surface area contributed by atoms with Gasteiger partial charge in [-0.2, -0.15) is 0 Å². The predicted molar refractivity (Wildman–Crippen MR) is 82.2 cm³/mol. The summed E-state index contributed by atoms with van der Waals surface area (Å²) in [6.45, 7) is 6.58. The van der Waals surface area contributed by atoms with Gasteiger partial charge in [0.1, 0.15) is 11.6 Å². The Labute approximate surface area is 126 Å². The minimum absolute atomic E-state index is 0.201. The fourth-order valence-electron chi connectivity index (χ4n) is 3.17. The summed E-state index contributed by atoms with van der Waals surface area (Å²) >= 11 is 0. The molecule has 1 aliphatic heterocycles. The van der Waals surface area contributed by atoms with Crippen molar-refractivity contribution in [2.24, 2.45) is 0 Å². The van der Waals surface area contributed by atoms with E-state index in [2.05, 4.69) is 24.1 Å². The van der Waals surface area contributed by atoms with Gasteiger partial charge in [0, 0.05) is 24.2 Å². The molecule has 21 heavy (non-hydrogen) atoms. The number of nitrogens with one attached hydrogen (secondary N) is 1. The molecule has 0 amide bonds. The molecule has 1 fully saturated rings. The highest BCUT2D eigenvalue weighted by molar-refractivity contribution is 5.19. The van der Waals surface area contributed by atoms with Crippen molar-refractivity contribution in [2.45, 2.75) is 58.2 Å². The van der Waals surface area contributed by atoms with E-state index in [4.69, 9.17) is 0 Å². The van der Waals surface area contributed by atoms with E-state index in [0.717, 1.165) is 32.4 Å². The average molecular weight is 296 g/mol. The normalized spacial score (nSPS) is 21.4. The van der Waals surface area contributed by atoms with Crippen LogP contribution in [0.5, 0.6) is 0 Å². The Balaban J connectivity index is 2.08. The second-order valence-electron chi connectivity index (χ2n) is 5.98. The van der Waals surface area contributed by atoms with Crippen molar-refractivity contribution in [3.05, 3.63) is 35.4 Å². The molecule has 1 aromatic carbocycles. The van der Waals surface area contributed by atoms with E-state index in [1.807, 2.05) is 0 Å². The Morgan fingerprint density at radius 1 is 1.29 bits per heavy atom. The van der Waals surface area contributed by atoms with Gasteiger partial charge in [-0.15, -0.1) is 0 Å². The van der Waals surface area contributed by atoms with Crippen LogP contribution in [-0.4, -0.2) is 30.1 Å². The molecule has 0 spiro atoms. The van der Waals surface area contributed by atoms with Gasteiger partial charge >= 0.3 is 0 Å². The first-order valence-corrected chi connectivity index (χ1v) is 8.03. The summed E-state index contributed by atoms with van der Waals surface area (Å²) in [7, 11) is 0. The summed E-state index contributed by atoms with van der Waals surface area (Å²) in [6, 6.07) is 4.81. The number of hydrogen-bond donors (Lipinski definition) is 1. The standard InChI is InChI=1S/C17H26F2N2/c1-3-10-20-13(2)17-9-4-5-11-21(17)12-14-15(18)7-6-8-16(14)19/h6-8,13,17,20H,3-5,9-12H2,1-2H3. The number of benzene rings is 1. The molecule has 118 valence electrons. The highest BCUT2D eigenvalue weighted by atomic mass is 19.1. The zero-order valence-corrected chi connectivity index (χ0v) is 13.0. The zero-order valence-electron chi connectivity index (χ0n) is 13.0. The zero-order chi connectivity index (χ0) is 15.2. The van der Waals surface area contributed by atoms with Crippen molar-refractivity contribution in [1.82, 2.24) is 10.2 Å². The Bertz CT molecular complexity index is 430. The SMILES string of the molecule is CCCNC(C)C1CCCCN1Cc1c(F)cccc1F. The molecule has 1 heterocycles. The number of halogens is 2. The minimum Gasteiger partial charge on any atom is -0.313 e. The van der Waals surface area contributed by atoms with E-state index in [1.165, 1.54) is 24.6 Å². The van der Waals surface area contributed by atoms with Crippen molar-refractivity contribution in [1.29, 1.82) is 0 Å². The first kappa shape index (κ1) is 16.4. The van der Waals surface area contributed by atoms with Crippen molar-refractivity contribution in [2.75, 3.05) is 13.1 Å². The van der Waals surface area contributed by atoms with E-state index < -0.39 is 11.6 Å². The maximum Gasteiger partial charge on any atom is 0.130 e. The Hall–Kier alpha value is -1.00. The van der Waals surface area contributed by atoms with Crippen LogP contribution in [0.2, 0.25) is 0 Å². The summed E-state index contributed by atoms with van der Waals surface area (Å²) in [5, 5.41) is 3.52. The van der Waals surface area contributed by atoms with Crippen LogP contribution >= 0.6 is 0 Å². The lowest BCUT2D eigenvalue weighted by Crippen LogP contribution is -2.50. The van der Waals surface area contributed by atoms with Gasteiger partial charge in [-0.3, -0.25) is 4.90 Å². The monoisotopic (exact) mass is 296 g/mol. The molecule has 0 aliphatic carbocycles. The first-order chi connectivity index (χ1) is 10.1. The van der Waals surface area contributed by atoms with Gasteiger partial charge in [0.15, 0.2) is 0 Å². The van der Waals surface area contributed by atoms with E-state index in [-0.39, 0.29) is 5.56 Å². The van der Waals surface area contributed by atoms with Crippen LogP contribution in [0.15, 0.2) is 18.2 Å². The second kappa shape index (κ2) is 7.85. The molecule has 1 aliphatic rings. The molecular weight excluding hydrogens is 270 g/mol. The molecule has 2 unspecified atom stereocenters. The van der Waals surface area contributed by atoms with Gasteiger partial charge in [-0.05, 0) is 51.4 Å². The van der Waals surface area contributed by atoms with Crippen LogP contribution in [0.4, 0.5) is 8.78 Å². The van der Waals surface area contributed by atoms with E-state index in [0.29, 0.717) is 18.6 Å². The van der Waals surface area contributed by atoms with Crippen LogP contribution in [0, 0.1) is 11.6 Å². The number of hydrogen-bond acceptors (Lipinski definition) is 2. The highest BCUT2D eigenvalue weighted by Gasteiger charge is 2.28. The van der Waals surface area contributed by atoms with Gasteiger partial charge in [0.05, 0.1) is 0 Å². The van der Waals surface area contributed by atoms with E-state index >= 15 is 0 Å². The van der Waals surface area contributed by atoms with Gasteiger partial charge in [0.25, 0.3) is 0 Å². The average Bonchev–Trinajstić information content (AvgIpc) is 2.49. The number of rotatable bonds is 6. The van der Waals surface area contributed by atoms with Gasteiger partial charge < -0.3 is 5.32 Å². The van der Waals surface area contributed by atoms with Gasteiger partial charge in [-0.1, -0.05) is 19.4 Å². The third kappa shape index (κ3) is 4.24. The smallest absolute Gasteiger partial charge is 0.130 e. The molecule has 2 atom stereocenters. The molecule has 2 nitrogen and oxygen atoms in total. The topological polar surface area (TPSA) is 15.3 Å². The third-order valence-electron chi connectivity index (χ3n) is 4.38. The lowest BCUT2D eigenvalue weighted by atomic mass is 9.95. The highest BCUT2D eigenvalue weighted by Crippen LogP contribution is 2.24. The molecule has 1 aromatic rings.